The zero-order chi connectivity index (χ0) is 6.97. The van der Waals surface area contributed by atoms with Crippen LogP contribution in [-0.4, -0.2) is 13.6 Å². The molecule has 0 aromatic heterocycles. The first kappa shape index (κ1) is 5.85. The maximum Gasteiger partial charge on any atom is 0.162 e. The molecule has 2 heterocycles. The number of fused-ring (bicyclic) bond motifs is 1. The molecule has 3 nitrogen and oxygen atoms in total. The Kier molecular flexibility index (Phi) is 1.20. The molecule has 2 rings (SSSR count). The molecule has 0 bridgehead atoms. The minimum absolute atomic E-state index is 0.788. The van der Waals surface area contributed by atoms with Crippen molar-refractivity contribution in [1.82, 2.24) is 13.6 Å². The second-order valence-corrected chi connectivity index (χ2v) is 2.76. The van der Waals surface area contributed by atoms with Gasteiger partial charge < -0.3 is 0 Å². The fourth-order valence-electron chi connectivity index (χ4n) is 0.822. The zero-order valence-corrected chi connectivity index (χ0v) is 6.62. The molecule has 4 heteroatoms. The van der Waals surface area contributed by atoms with Crippen LogP contribution in [0.5, 0.6) is 0 Å². The van der Waals surface area contributed by atoms with Gasteiger partial charge in [0.15, 0.2) is 5.82 Å². The van der Waals surface area contributed by atoms with Crippen molar-refractivity contribution in [2.75, 3.05) is 0 Å². The summed E-state index contributed by atoms with van der Waals surface area (Å²) in [4.78, 5) is 8.06. The summed E-state index contributed by atoms with van der Waals surface area (Å²) in [7, 11) is 0. The average molecular weight is 198 g/mol. The second kappa shape index (κ2) is 2.05. The van der Waals surface area contributed by atoms with Crippen molar-refractivity contribution in [3.63, 3.8) is 0 Å². The van der Waals surface area contributed by atoms with E-state index >= 15 is 0 Å². The number of aromatic nitrogens is 3. The summed E-state index contributed by atoms with van der Waals surface area (Å²) in [6.45, 7) is 0. The minimum Gasteiger partial charge on any atom is -0.273 e. The lowest BCUT2D eigenvalue weighted by Gasteiger charge is -1.96. The Morgan fingerprint density at radius 3 is 3.20 bits per heavy atom. The van der Waals surface area contributed by atoms with Crippen LogP contribution in [0, 0.1) is 0 Å². The van der Waals surface area contributed by atoms with Gasteiger partial charge >= 0.3 is 0 Å². The van der Waals surface area contributed by atoms with Crippen molar-refractivity contribution in [3.8, 4) is 11.4 Å². The van der Waals surface area contributed by atoms with E-state index in [1.807, 2.05) is 12.3 Å². The maximum absolute atomic E-state index is 4.05. The standard InChI is InChI=1S/C6H4BrN3/c7-10-3-5-1-2-8-6(5)9-4-10/h1-4H. The van der Waals surface area contributed by atoms with Gasteiger partial charge in [-0.25, -0.2) is 9.97 Å². The van der Waals surface area contributed by atoms with Crippen molar-refractivity contribution >= 4 is 16.1 Å². The van der Waals surface area contributed by atoms with Crippen LogP contribution in [0.15, 0.2) is 24.8 Å². The van der Waals surface area contributed by atoms with E-state index in [-0.39, 0.29) is 0 Å². The topological polar surface area (TPSA) is 30.7 Å². The zero-order valence-electron chi connectivity index (χ0n) is 5.03. The van der Waals surface area contributed by atoms with E-state index in [1.54, 1.807) is 16.1 Å². The van der Waals surface area contributed by atoms with Crippen molar-refractivity contribution in [1.29, 1.82) is 0 Å². The van der Waals surface area contributed by atoms with Crippen LogP contribution < -0.4 is 0 Å². The molecule has 0 fully saturated rings. The van der Waals surface area contributed by atoms with Gasteiger partial charge in [-0.05, 0) is 6.07 Å². The first-order chi connectivity index (χ1) is 4.86. The molecule has 0 saturated heterocycles. The van der Waals surface area contributed by atoms with Crippen LogP contribution in [0.2, 0.25) is 0 Å². The van der Waals surface area contributed by atoms with Crippen molar-refractivity contribution in [3.05, 3.63) is 24.8 Å². The largest absolute Gasteiger partial charge is 0.273 e. The van der Waals surface area contributed by atoms with Gasteiger partial charge in [0.1, 0.15) is 6.33 Å². The Morgan fingerprint density at radius 2 is 2.30 bits per heavy atom. The van der Waals surface area contributed by atoms with Crippen LogP contribution >= 0.6 is 16.1 Å². The molecule has 10 heavy (non-hydrogen) atoms. The average Bonchev–Trinajstić information content (AvgIpc) is 2.33. The van der Waals surface area contributed by atoms with Crippen LogP contribution in [0.25, 0.3) is 11.4 Å². The molecule has 0 saturated carbocycles. The first-order valence-corrected chi connectivity index (χ1v) is 3.52. The Bertz CT molecular complexity index is 317. The van der Waals surface area contributed by atoms with Crippen LogP contribution in [-0.2, 0) is 0 Å². The molecule has 0 aliphatic carbocycles. The highest BCUT2D eigenvalue weighted by Crippen LogP contribution is 2.15. The maximum atomic E-state index is 4.05. The predicted octanol–water partition coefficient (Wildman–Crippen LogP) is 1.54. The molecular formula is C6H4BrN3. The highest BCUT2D eigenvalue weighted by atomic mass is 79.9. The summed E-state index contributed by atoms with van der Waals surface area (Å²) in [5.74, 6) is 0.788. The van der Waals surface area contributed by atoms with E-state index in [2.05, 4.69) is 26.1 Å². The molecule has 2 aliphatic heterocycles. The van der Waals surface area contributed by atoms with E-state index in [9.17, 15) is 0 Å². The highest BCUT2D eigenvalue weighted by Gasteiger charge is 2.02. The fourth-order valence-corrected chi connectivity index (χ4v) is 1.13. The molecule has 50 valence electrons. The van der Waals surface area contributed by atoms with Crippen LogP contribution in [0.3, 0.4) is 0 Å². The van der Waals surface area contributed by atoms with Crippen molar-refractivity contribution in [2.24, 2.45) is 0 Å². The van der Waals surface area contributed by atoms with Crippen LogP contribution in [0.4, 0.5) is 0 Å². The van der Waals surface area contributed by atoms with E-state index in [0.29, 0.717) is 0 Å². The molecule has 0 N–H and O–H groups in total. The Morgan fingerprint density at radius 1 is 1.40 bits per heavy atom. The number of halogens is 1. The van der Waals surface area contributed by atoms with Crippen molar-refractivity contribution < 1.29 is 0 Å². The second-order valence-electron chi connectivity index (χ2n) is 1.94. The molecule has 0 spiro atoms. The van der Waals surface area contributed by atoms with Gasteiger partial charge in [0.25, 0.3) is 0 Å². The third kappa shape index (κ3) is 0.806. The monoisotopic (exact) mass is 197 g/mol. The van der Waals surface area contributed by atoms with Gasteiger partial charge in [-0.15, -0.1) is 0 Å². The molecule has 0 atom stereocenters. The highest BCUT2D eigenvalue weighted by molar-refractivity contribution is 9.08. The number of hydrogen-bond donors (Lipinski definition) is 0. The van der Waals surface area contributed by atoms with E-state index in [1.165, 1.54) is 0 Å². The van der Waals surface area contributed by atoms with Gasteiger partial charge in [-0.1, -0.05) is 0 Å². The SMILES string of the molecule is Brn1cnc2nccc-2c1. The van der Waals surface area contributed by atoms with Gasteiger partial charge in [0, 0.05) is 18.0 Å². The van der Waals surface area contributed by atoms with Gasteiger partial charge in [-0.2, -0.15) is 0 Å². The molecule has 0 radical (unpaired) electrons. The van der Waals surface area contributed by atoms with Gasteiger partial charge in [0.2, 0.25) is 0 Å². The first-order valence-electron chi connectivity index (χ1n) is 2.81. The summed E-state index contributed by atoms with van der Waals surface area (Å²) in [5, 5.41) is 0. The lowest BCUT2D eigenvalue weighted by molar-refractivity contribution is 1.10. The minimum atomic E-state index is 0.788. The summed E-state index contributed by atoms with van der Waals surface area (Å²) in [5.41, 5.74) is 1.04. The van der Waals surface area contributed by atoms with Gasteiger partial charge in [0.05, 0.1) is 16.1 Å². The third-order valence-electron chi connectivity index (χ3n) is 1.26. The molecule has 0 aromatic carbocycles. The summed E-state index contributed by atoms with van der Waals surface area (Å²) in [6.07, 6.45) is 5.31. The Labute approximate surface area is 66.4 Å². The molecule has 0 unspecified atom stereocenters. The van der Waals surface area contributed by atoms with Gasteiger partial charge in [-0.3, -0.25) is 3.59 Å². The van der Waals surface area contributed by atoms with Crippen LogP contribution in [0.1, 0.15) is 0 Å². The lowest BCUT2D eigenvalue weighted by atomic mass is 10.3. The molecular weight excluding hydrogens is 194 g/mol. The Hall–Kier alpha value is -0.900. The number of hydrogen-bond acceptors (Lipinski definition) is 2. The predicted molar refractivity (Wildman–Crippen MR) is 41.0 cm³/mol. The lowest BCUT2D eigenvalue weighted by Crippen LogP contribution is -1.88. The normalized spacial score (nSPS) is 10.5. The fraction of sp³-hybridized carbons (Fsp3) is 0. The third-order valence-corrected chi connectivity index (χ3v) is 1.65. The van der Waals surface area contributed by atoms with E-state index < -0.39 is 0 Å². The smallest absolute Gasteiger partial charge is 0.162 e. The Balaban J connectivity index is 2.75. The van der Waals surface area contributed by atoms with E-state index in [0.717, 1.165) is 11.4 Å². The number of nitrogens with zero attached hydrogens (tertiary/aromatic N) is 3. The summed E-state index contributed by atoms with van der Waals surface area (Å²) < 4.78 is 1.72. The summed E-state index contributed by atoms with van der Waals surface area (Å²) >= 11 is 3.24. The number of rotatable bonds is 0. The van der Waals surface area contributed by atoms with E-state index in [4.69, 9.17) is 0 Å². The summed E-state index contributed by atoms with van der Waals surface area (Å²) in [6, 6.07) is 1.92. The quantitative estimate of drug-likeness (QED) is 0.642. The molecule has 0 amide bonds. The molecule has 2 aliphatic rings. The molecule has 0 aromatic rings. The van der Waals surface area contributed by atoms with Crippen molar-refractivity contribution in [2.45, 2.75) is 0 Å².